The van der Waals surface area contributed by atoms with Crippen LogP contribution in [0.15, 0.2) is 42.6 Å². The fourth-order valence-electron chi connectivity index (χ4n) is 3.22. The van der Waals surface area contributed by atoms with Gasteiger partial charge in [0.25, 0.3) is 0 Å². The highest BCUT2D eigenvalue weighted by Gasteiger charge is 2.39. The predicted octanol–water partition coefficient (Wildman–Crippen LogP) is 4.06. The molecule has 2 nitrogen and oxygen atoms in total. The standard InChI is InChI=1S/C17H18ClNO/c1-17(20,13-8-2-3-10-15(13)18)14-9-4-6-12-7-5-11-19-16(12)14/h2-3,5,7-8,10-11,14,20H,4,6,9H2,1H3. The van der Waals surface area contributed by atoms with Crippen LogP contribution in [0.25, 0.3) is 0 Å². The van der Waals surface area contributed by atoms with E-state index in [1.807, 2.05) is 37.3 Å². The fraction of sp³-hybridized carbons (Fsp3) is 0.353. The van der Waals surface area contributed by atoms with E-state index in [1.165, 1.54) is 5.56 Å². The van der Waals surface area contributed by atoms with Gasteiger partial charge in [0.2, 0.25) is 0 Å². The van der Waals surface area contributed by atoms with Crippen molar-refractivity contribution in [1.82, 2.24) is 4.98 Å². The number of hydrogen-bond donors (Lipinski definition) is 1. The first kappa shape index (κ1) is 13.6. The summed E-state index contributed by atoms with van der Waals surface area (Å²) in [5, 5.41) is 11.7. The van der Waals surface area contributed by atoms with Gasteiger partial charge in [-0.1, -0.05) is 35.9 Å². The smallest absolute Gasteiger partial charge is 0.0966 e. The van der Waals surface area contributed by atoms with E-state index in [2.05, 4.69) is 11.1 Å². The second-order valence-corrected chi connectivity index (χ2v) is 6.03. The third kappa shape index (κ3) is 2.23. The van der Waals surface area contributed by atoms with Crippen LogP contribution in [-0.2, 0) is 12.0 Å². The Morgan fingerprint density at radius 2 is 2.05 bits per heavy atom. The number of fused-ring (bicyclic) bond motifs is 1. The van der Waals surface area contributed by atoms with Crippen LogP contribution in [0.4, 0.5) is 0 Å². The van der Waals surface area contributed by atoms with Crippen LogP contribution in [0, 0.1) is 0 Å². The Hall–Kier alpha value is -1.38. The van der Waals surface area contributed by atoms with Crippen molar-refractivity contribution >= 4 is 11.6 Å². The lowest BCUT2D eigenvalue weighted by Gasteiger charge is -2.37. The van der Waals surface area contributed by atoms with E-state index in [9.17, 15) is 5.11 Å². The lowest BCUT2D eigenvalue weighted by molar-refractivity contribution is 0.0190. The maximum atomic E-state index is 11.1. The first-order chi connectivity index (χ1) is 9.60. The highest BCUT2D eigenvalue weighted by Crippen LogP contribution is 2.44. The molecule has 2 unspecified atom stereocenters. The van der Waals surface area contributed by atoms with E-state index in [1.54, 1.807) is 6.20 Å². The summed E-state index contributed by atoms with van der Waals surface area (Å²) < 4.78 is 0. The molecule has 1 N–H and O–H groups in total. The van der Waals surface area contributed by atoms with Gasteiger partial charge in [-0.25, -0.2) is 0 Å². The van der Waals surface area contributed by atoms with Crippen molar-refractivity contribution in [3.05, 3.63) is 64.4 Å². The molecule has 1 aromatic carbocycles. The van der Waals surface area contributed by atoms with Crippen LogP contribution >= 0.6 is 11.6 Å². The number of aryl methyl sites for hydroxylation is 1. The van der Waals surface area contributed by atoms with Gasteiger partial charge in [-0.3, -0.25) is 4.98 Å². The van der Waals surface area contributed by atoms with Gasteiger partial charge >= 0.3 is 0 Å². The molecule has 1 aliphatic carbocycles. The molecule has 3 rings (SSSR count). The first-order valence-electron chi connectivity index (χ1n) is 7.02. The maximum Gasteiger partial charge on any atom is 0.0966 e. The molecular weight excluding hydrogens is 270 g/mol. The van der Waals surface area contributed by atoms with Gasteiger partial charge in [0.05, 0.1) is 5.60 Å². The Bertz CT molecular complexity index is 624. The number of nitrogens with zero attached hydrogens (tertiary/aromatic N) is 1. The Balaban J connectivity index is 2.07. The SMILES string of the molecule is CC(O)(c1ccccc1Cl)C1CCCc2cccnc21. The number of benzene rings is 1. The Kier molecular flexibility index (Phi) is 3.53. The number of aliphatic hydroxyl groups is 1. The number of hydrogen-bond acceptors (Lipinski definition) is 2. The second-order valence-electron chi connectivity index (χ2n) is 5.62. The second kappa shape index (κ2) is 5.19. The van der Waals surface area contributed by atoms with Crippen molar-refractivity contribution in [3.63, 3.8) is 0 Å². The minimum atomic E-state index is -0.998. The molecule has 0 fully saturated rings. The molecule has 0 saturated carbocycles. The molecule has 1 aliphatic rings. The van der Waals surface area contributed by atoms with Crippen LogP contribution < -0.4 is 0 Å². The van der Waals surface area contributed by atoms with Crippen molar-refractivity contribution < 1.29 is 5.11 Å². The van der Waals surface area contributed by atoms with Gasteiger partial charge in [0.15, 0.2) is 0 Å². The number of halogens is 1. The highest BCUT2D eigenvalue weighted by atomic mass is 35.5. The Labute approximate surface area is 124 Å². The van der Waals surface area contributed by atoms with E-state index < -0.39 is 5.60 Å². The summed E-state index contributed by atoms with van der Waals surface area (Å²) in [6, 6.07) is 11.6. The van der Waals surface area contributed by atoms with Crippen molar-refractivity contribution in [2.24, 2.45) is 0 Å². The molecule has 0 aliphatic heterocycles. The van der Waals surface area contributed by atoms with Gasteiger partial charge in [0, 0.05) is 28.4 Å². The highest BCUT2D eigenvalue weighted by molar-refractivity contribution is 6.31. The zero-order valence-electron chi connectivity index (χ0n) is 11.5. The van der Waals surface area contributed by atoms with Crippen molar-refractivity contribution in [1.29, 1.82) is 0 Å². The van der Waals surface area contributed by atoms with Crippen LogP contribution in [0.5, 0.6) is 0 Å². The minimum absolute atomic E-state index is 0.00708. The lowest BCUT2D eigenvalue weighted by Crippen LogP contribution is -2.33. The van der Waals surface area contributed by atoms with E-state index in [0.717, 1.165) is 30.5 Å². The summed E-state index contributed by atoms with van der Waals surface area (Å²) in [4.78, 5) is 4.52. The summed E-state index contributed by atoms with van der Waals surface area (Å²) in [6.07, 6.45) is 4.85. The van der Waals surface area contributed by atoms with Crippen molar-refractivity contribution in [2.75, 3.05) is 0 Å². The molecule has 0 spiro atoms. The molecule has 1 aromatic heterocycles. The quantitative estimate of drug-likeness (QED) is 0.903. The van der Waals surface area contributed by atoms with Crippen LogP contribution in [0.2, 0.25) is 5.02 Å². The molecule has 104 valence electrons. The van der Waals surface area contributed by atoms with Crippen LogP contribution in [-0.4, -0.2) is 10.1 Å². The predicted molar refractivity (Wildman–Crippen MR) is 80.9 cm³/mol. The first-order valence-corrected chi connectivity index (χ1v) is 7.39. The molecule has 0 radical (unpaired) electrons. The number of aromatic nitrogens is 1. The van der Waals surface area contributed by atoms with Crippen molar-refractivity contribution in [3.8, 4) is 0 Å². The minimum Gasteiger partial charge on any atom is -0.385 e. The maximum absolute atomic E-state index is 11.1. The van der Waals surface area contributed by atoms with Gasteiger partial charge < -0.3 is 5.11 Å². The Morgan fingerprint density at radius 1 is 1.25 bits per heavy atom. The van der Waals surface area contributed by atoms with E-state index >= 15 is 0 Å². The average Bonchev–Trinajstić information content (AvgIpc) is 2.47. The van der Waals surface area contributed by atoms with Crippen LogP contribution in [0.3, 0.4) is 0 Å². The number of pyridine rings is 1. The summed E-state index contributed by atoms with van der Waals surface area (Å²) in [5.74, 6) is -0.00708. The zero-order valence-corrected chi connectivity index (χ0v) is 12.3. The molecule has 20 heavy (non-hydrogen) atoms. The number of rotatable bonds is 2. The third-order valence-corrected chi connectivity index (χ3v) is 4.62. The van der Waals surface area contributed by atoms with E-state index in [-0.39, 0.29) is 5.92 Å². The van der Waals surface area contributed by atoms with Crippen molar-refractivity contribution in [2.45, 2.75) is 37.7 Å². The van der Waals surface area contributed by atoms with Gasteiger partial charge in [-0.2, -0.15) is 0 Å². The molecule has 0 saturated heterocycles. The topological polar surface area (TPSA) is 33.1 Å². The fourth-order valence-corrected chi connectivity index (χ4v) is 3.54. The van der Waals surface area contributed by atoms with Crippen LogP contribution in [0.1, 0.15) is 42.5 Å². The molecule has 2 atom stereocenters. The molecule has 2 aromatic rings. The average molecular weight is 288 g/mol. The normalized spacial score (nSPS) is 21.1. The molecule has 3 heteroatoms. The van der Waals surface area contributed by atoms with Gasteiger partial charge in [-0.15, -0.1) is 0 Å². The molecule has 0 bridgehead atoms. The summed E-state index contributed by atoms with van der Waals surface area (Å²) >= 11 is 6.27. The molecule has 1 heterocycles. The summed E-state index contributed by atoms with van der Waals surface area (Å²) in [7, 11) is 0. The summed E-state index contributed by atoms with van der Waals surface area (Å²) in [5.41, 5.74) is 2.05. The molecule has 0 amide bonds. The lowest BCUT2D eigenvalue weighted by atomic mass is 9.73. The third-order valence-electron chi connectivity index (χ3n) is 4.29. The van der Waals surface area contributed by atoms with E-state index in [0.29, 0.717) is 5.02 Å². The summed E-state index contributed by atoms with van der Waals surface area (Å²) in [6.45, 7) is 1.85. The Morgan fingerprint density at radius 3 is 2.85 bits per heavy atom. The molecular formula is C17H18ClNO. The van der Waals surface area contributed by atoms with Gasteiger partial charge in [-0.05, 0) is 43.9 Å². The van der Waals surface area contributed by atoms with Gasteiger partial charge in [0.1, 0.15) is 0 Å². The monoisotopic (exact) mass is 287 g/mol. The zero-order chi connectivity index (χ0) is 14.2. The van der Waals surface area contributed by atoms with E-state index in [4.69, 9.17) is 11.6 Å². The largest absolute Gasteiger partial charge is 0.385 e.